The van der Waals surface area contributed by atoms with E-state index in [1.54, 1.807) is 24.3 Å². The molecule has 1 fully saturated rings. The molecule has 26 heavy (non-hydrogen) atoms. The Hall–Kier alpha value is -2.85. The Morgan fingerprint density at radius 3 is 2.46 bits per heavy atom. The maximum absolute atomic E-state index is 12.6. The van der Waals surface area contributed by atoms with Gasteiger partial charge < -0.3 is 10.0 Å². The average molecular weight is 370 g/mol. The van der Waals surface area contributed by atoms with Crippen LogP contribution in [0.1, 0.15) is 28.8 Å². The lowest BCUT2D eigenvalue weighted by Gasteiger charge is -2.25. The molecule has 0 unspecified atom stereocenters. The fourth-order valence-corrected chi connectivity index (χ4v) is 4.53. The highest BCUT2D eigenvalue weighted by molar-refractivity contribution is 7.91. The predicted octanol–water partition coefficient (Wildman–Crippen LogP) is 2.93. The van der Waals surface area contributed by atoms with Crippen LogP contribution in [-0.2, 0) is 9.84 Å². The topological polar surface area (TPSA) is 98.5 Å². The van der Waals surface area contributed by atoms with Crippen LogP contribution in [0.3, 0.4) is 0 Å². The lowest BCUT2D eigenvalue weighted by molar-refractivity contribution is 0.0697. The number of rotatable bonds is 4. The van der Waals surface area contributed by atoms with Crippen molar-refractivity contribution in [2.75, 3.05) is 24.2 Å². The first-order chi connectivity index (χ1) is 12.3. The number of hydrogen-bond acceptors (Lipinski definition) is 5. The Bertz CT molecular complexity index is 1020. The first-order valence-corrected chi connectivity index (χ1v) is 10.1. The molecule has 1 aliphatic heterocycles. The molecule has 1 N–H and O–H groups in total. The molecule has 134 valence electrons. The molecule has 0 bridgehead atoms. The largest absolute Gasteiger partial charge is 0.478 e. The van der Waals surface area contributed by atoms with E-state index in [0.717, 1.165) is 19.1 Å². The molecule has 3 rings (SSSR count). The van der Waals surface area contributed by atoms with Gasteiger partial charge in [0.1, 0.15) is 0 Å². The first-order valence-electron chi connectivity index (χ1n) is 8.19. The summed E-state index contributed by atoms with van der Waals surface area (Å²) in [5, 5.41) is 18.7. The molecule has 2 aromatic carbocycles. The number of nitrogens with zero attached hydrogens (tertiary/aromatic N) is 2. The fraction of sp³-hybridized carbons (Fsp3) is 0.263. The van der Waals surface area contributed by atoms with E-state index in [-0.39, 0.29) is 16.1 Å². The minimum Gasteiger partial charge on any atom is -0.478 e. The molecular weight excluding hydrogens is 352 g/mol. The normalized spacial score (nSPS) is 14.2. The van der Waals surface area contributed by atoms with Gasteiger partial charge in [0.05, 0.1) is 27.8 Å². The van der Waals surface area contributed by atoms with Crippen LogP contribution in [0.25, 0.3) is 11.1 Å². The van der Waals surface area contributed by atoms with Crippen molar-refractivity contribution in [3.8, 4) is 17.2 Å². The van der Waals surface area contributed by atoms with Gasteiger partial charge in [-0.15, -0.1) is 0 Å². The molecule has 0 atom stereocenters. The Labute approximate surface area is 152 Å². The number of aromatic carboxylic acids is 1. The van der Waals surface area contributed by atoms with E-state index in [4.69, 9.17) is 5.26 Å². The highest BCUT2D eigenvalue weighted by Crippen LogP contribution is 2.39. The highest BCUT2D eigenvalue weighted by atomic mass is 32.2. The zero-order chi connectivity index (χ0) is 18.9. The van der Waals surface area contributed by atoms with E-state index in [1.807, 2.05) is 11.0 Å². The zero-order valence-corrected chi connectivity index (χ0v) is 15.1. The Balaban J connectivity index is 2.37. The summed E-state index contributed by atoms with van der Waals surface area (Å²) in [4.78, 5) is 13.6. The SMILES string of the molecule is CS(=O)(=O)c1c(-c2cccc(C#N)c2)ccc(C(=O)O)c1N1CCCC1. The molecule has 0 spiro atoms. The molecule has 1 heterocycles. The lowest BCUT2D eigenvalue weighted by Crippen LogP contribution is -2.24. The number of carbonyl (C=O) groups is 1. The standard InChI is InChI=1S/C19H18N2O4S/c1-26(24,25)18-15(14-6-4-5-13(11-14)12-20)7-8-16(19(22)23)17(18)21-9-2-3-10-21/h4-8,11H,2-3,9-10H2,1H3,(H,22,23). The number of nitriles is 1. The Morgan fingerprint density at radius 1 is 1.19 bits per heavy atom. The summed E-state index contributed by atoms with van der Waals surface area (Å²) in [6.45, 7) is 1.23. The molecule has 0 aromatic heterocycles. The summed E-state index contributed by atoms with van der Waals surface area (Å²) in [6, 6.07) is 11.6. The van der Waals surface area contributed by atoms with E-state index >= 15 is 0 Å². The third kappa shape index (κ3) is 3.28. The minimum absolute atomic E-state index is 0.00869. The lowest BCUT2D eigenvalue weighted by atomic mass is 10.00. The number of carboxylic acid groups (broad SMARTS) is 1. The van der Waals surface area contributed by atoms with Crippen LogP contribution in [0.2, 0.25) is 0 Å². The molecule has 0 aliphatic carbocycles. The second-order valence-corrected chi connectivity index (χ2v) is 8.26. The molecular formula is C19H18N2O4S. The summed E-state index contributed by atoms with van der Waals surface area (Å²) >= 11 is 0. The smallest absolute Gasteiger partial charge is 0.337 e. The van der Waals surface area contributed by atoms with Crippen molar-refractivity contribution in [3.63, 3.8) is 0 Å². The second kappa shape index (κ2) is 6.81. The van der Waals surface area contributed by atoms with Crippen molar-refractivity contribution >= 4 is 21.5 Å². The van der Waals surface area contributed by atoms with E-state index < -0.39 is 15.8 Å². The van der Waals surface area contributed by atoms with Crippen molar-refractivity contribution in [1.29, 1.82) is 5.26 Å². The maximum atomic E-state index is 12.6. The van der Waals surface area contributed by atoms with Crippen molar-refractivity contribution in [3.05, 3.63) is 47.5 Å². The average Bonchev–Trinajstić information content (AvgIpc) is 3.14. The Kier molecular flexibility index (Phi) is 4.70. The number of benzene rings is 2. The van der Waals surface area contributed by atoms with Gasteiger partial charge >= 0.3 is 5.97 Å². The zero-order valence-electron chi connectivity index (χ0n) is 14.3. The van der Waals surface area contributed by atoms with Gasteiger partial charge in [0.25, 0.3) is 0 Å². The highest BCUT2D eigenvalue weighted by Gasteiger charge is 2.29. The number of hydrogen-bond donors (Lipinski definition) is 1. The van der Waals surface area contributed by atoms with Gasteiger partial charge in [-0.05, 0) is 36.6 Å². The van der Waals surface area contributed by atoms with Crippen LogP contribution in [0.5, 0.6) is 0 Å². The van der Waals surface area contributed by atoms with Crippen LogP contribution in [-0.4, -0.2) is 38.8 Å². The summed E-state index contributed by atoms with van der Waals surface area (Å²) in [7, 11) is -3.71. The van der Waals surface area contributed by atoms with Gasteiger partial charge in [-0.1, -0.05) is 18.2 Å². The first kappa shape index (κ1) is 18.0. The van der Waals surface area contributed by atoms with Crippen LogP contribution in [0.15, 0.2) is 41.3 Å². The van der Waals surface area contributed by atoms with Crippen LogP contribution in [0, 0.1) is 11.3 Å². The fourth-order valence-electron chi connectivity index (χ4n) is 3.36. The maximum Gasteiger partial charge on any atom is 0.337 e. The number of carboxylic acids is 1. The molecule has 2 aromatic rings. The number of anilines is 1. The van der Waals surface area contributed by atoms with Gasteiger partial charge in [-0.3, -0.25) is 0 Å². The monoisotopic (exact) mass is 370 g/mol. The number of sulfone groups is 1. The van der Waals surface area contributed by atoms with Gasteiger partial charge in [0, 0.05) is 24.9 Å². The molecule has 0 amide bonds. The quantitative estimate of drug-likeness (QED) is 0.888. The van der Waals surface area contributed by atoms with Gasteiger partial charge in [-0.2, -0.15) is 5.26 Å². The summed E-state index contributed by atoms with van der Waals surface area (Å²) < 4.78 is 25.3. The van der Waals surface area contributed by atoms with E-state index in [1.165, 1.54) is 12.1 Å². The predicted molar refractivity (Wildman–Crippen MR) is 98.1 cm³/mol. The van der Waals surface area contributed by atoms with Crippen LogP contribution < -0.4 is 4.90 Å². The summed E-state index contributed by atoms with van der Waals surface area (Å²) in [6.07, 6.45) is 2.86. The molecule has 0 saturated carbocycles. The third-order valence-electron chi connectivity index (χ3n) is 4.46. The minimum atomic E-state index is -3.71. The molecule has 1 aliphatic rings. The van der Waals surface area contributed by atoms with E-state index in [9.17, 15) is 18.3 Å². The molecule has 6 nitrogen and oxygen atoms in total. The van der Waals surface area contributed by atoms with Crippen molar-refractivity contribution < 1.29 is 18.3 Å². The van der Waals surface area contributed by atoms with Gasteiger partial charge in [0.2, 0.25) is 0 Å². The van der Waals surface area contributed by atoms with Crippen molar-refractivity contribution in [2.24, 2.45) is 0 Å². The molecule has 0 radical (unpaired) electrons. The Morgan fingerprint density at radius 2 is 1.88 bits per heavy atom. The summed E-state index contributed by atoms with van der Waals surface area (Å²) in [5.41, 5.74) is 1.62. The molecule has 7 heteroatoms. The summed E-state index contributed by atoms with van der Waals surface area (Å²) in [5.74, 6) is -1.16. The van der Waals surface area contributed by atoms with E-state index in [2.05, 4.69) is 0 Å². The van der Waals surface area contributed by atoms with Crippen molar-refractivity contribution in [2.45, 2.75) is 17.7 Å². The third-order valence-corrected chi connectivity index (χ3v) is 5.61. The second-order valence-electron chi connectivity index (χ2n) is 6.30. The van der Waals surface area contributed by atoms with Crippen LogP contribution >= 0.6 is 0 Å². The molecule has 1 saturated heterocycles. The van der Waals surface area contributed by atoms with Gasteiger partial charge in [-0.25, -0.2) is 13.2 Å². The van der Waals surface area contributed by atoms with E-state index in [0.29, 0.717) is 29.8 Å². The van der Waals surface area contributed by atoms with Crippen LogP contribution in [0.4, 0.5) is 5.69 Å². The van der Waals surface area contributed by atoms with Crippen molar-refractivity contribution in [1.82, 2.24) is 0 Å². The van der Waals surface area contributed by atoms with Gasteiger partial charge in [0.15, 0.2) is 9.84 Å².